The molecule has 0 saturated carbocycles. The van der Waals surface area contributed by atoms with Crippen molar-refractivity contribution < 1.29 is 520 Å². The molecular weight excluding hydrogens is 1440 g/mol. The Kier molecular flexibility index (Phi) is 3580. The normalized spacial score (nSPS) is 0. The Morgan fingerprint density at radius 1 is 0.0690 bits per heavy atom. The van der Waals surface area contributed by atoms with Crippen molar-refractivity contribution in [2.45, 2.75) is 7.43 Å². The Bertz CT molecular complexity index is 6.28. The molecule has 0 aromatic carbocycles. The second kappa shape index (κ2) is 312. The van der Waals surface area contributed by atoms with Crippen molar-refractivity contribution in [3.05, 3.63) is 0 Å². The summed E-state index contributed by atoms with van der Waals surface area (Å²) in [6.07, 6.45) is 0. The molecule has 0 N–H and O–H groups in total. The van der Waals surface area contributed by atoms with Gasteiger partial charge < -0.3 is 0 Å². The molecule has 29 heavy (non-hydrogen) atoms. The van der Waals surface area contributed by atoms with Crippen LogP contribution in [0, 0.1) is 0 Å². The maximum Gasteiger partial charge on any atom is 0 e. The van der Waals surface area contributed by atoms with E-state index in [0.717, 1.165) is 0 Å². The van der Waals surface area contributed by atoms with Crippen LogP contribution in [-0.4, -0.2) is 0 Å². The maximum atomic E-state index is 0. The van der Waals surface area contributed by atoms with E-state index in [1.807, 2.05) is 0 Å². The van der Waals surface area contributed by atoms with Crippen molar-refractivity contribution in [1.29, 1.82) is 0 Å². The van der Waals surface area contributed by atoms with Crippen LogP contribution in [0.5, 0.6) is 0 Å². The second-order valence-electron chi connectivity index (χ2n) is 0. The molecule has 0 atom stereocenters. The van der Waals surface area contributed by atoms with Crippen LogP contribution in [0.25, 0.3) is 0 Å². The van der Waals surface area contributed by atoms with Crippen molar-refractivity contribution in [3.63, 3.8) is 0 Å². The maximum absolute atomic E-state index is 0. The van der Waals surface area contributed by atoms with E-state index < -0.39 is 0 Å². The van der Waals surface area contributed by atoms with E-state index in [9.17, 15) is 0 Å². The molecule has 0 aliphatic heterocycles. The second-order valence-corrected chi connectivity index (χ2v) is 0. The third-order valence-corrected chi connectivity index (χ3v) is 0. The van der Waals surface area contributed by atoms with Crippen LogP contribution in [-0.2, 0) is 520 Å². The Hall–Kier alpha value is 16.4. The summed E-state index contributed by atoms with van der Waals surface area (Å²) in [4.78, 5) is 0. The summed E-state index contributed by atoms with van der Waals surface area (Å²) in [5.41, 5.74) is 0. The summed E-state index contributed by atoms with van der Waals surface area (Å²) in [5.74, 6) is 0. The Morgan fingerprint density at radius 2 is 0.0690 bits per heavy atom. The minimum absolute atomic E-state index is 0. The fourth-order valence-electron chi connectivity index (χ4n) is 0. The molecule has 0 saturated heterocycles. The first-order valence-corrected chi connectivity index (χ1v) is 0. The van der Waals surface area contributed by atoms with Crippen LogP contribution >= 0.6 is 0 Å². The average molecular weight is 1440 g/mol. The van der Waals surface area contributed by atoms with E-state index in [2.05, 4.69) is 0 Å². The molecule has 0 bridgehead atoms. The van der Waals surface area contributed by atoms with Gasteiger partial charge in [0.2, 0.25) is 0 Å². The van der Waals surface area contributed by atoms with Crippen molar-refractivity contribution in [1.82, 2.24) is 0 Å². The smallest absolute Gasteiger partial charge is 0 e. The van der Waals surface area contributed by atoms with Gasteiger partial charge >= 0.3 is 0 Å². The van der Waals surface area contributed by atoms with Crippen LogP contribution in [0.1, 0.15) is 7.43 Å². The van der Waals surface area contributed by atoms with Gasteiger partial charge in [0.05, 0.1) is 0 Å². The van der Waals surface area contributed by atoms with Crippen LogP contribution in [0.3, 0.4) is 0 Å². The van der Waals surface area contributed by atoms with Crippen LogP contribution in [0.2, 0.25) is 0 Å². The number of hydrogen-bond donors (Lipinski definition) is 0. The minimum Gasteiger partial charge on any atom is -0.0776 e. The van der Waals surface area contributed by atoms with E-state index >= 15 is 0 Å². The molecular formula is CH4V28. The molecule has 0 spiro atoms. The molecule has 0 unspecified atom stereocenters. The minimum atomic E-state index is 0. The van der Waals surface area contributed by atoms with Crippen molar-refractivity contribution >= 4 is 0 Å². The van der Waals surface area contributed by atoms with Gasteiger partial charge in [0.25, 0.3) is 0 Å². The van der Waals surface area contributed by atoms with Crippen molar-refractivity contribution in [3.8, 4) is 0 Å². The predicted octanol–water partition coefficient (Wildman–Crippen LogP) is 0.566. The van der Waals surface area contributed by atoms with Gasteiger partial charge in [-0.25, -0.2) is 0 Å². The standard InChI is InChI=1S/CH4.28V/h1H4;;;;;;;;;;;;;;;;;;;;;;;;;;;;. The Labute approximate surface area is 513 Å². The van der Waals surface area contributed by atoms with Gasteiger partial charge in [-0.05, 0) is 0 Å². The van der Waals surface area contributed by atoms with E-state index in [0.29, 0.717) is 0 Å². The van der Waals surface area contributed by atoms with Gasteiger partial charge in [0.15, 0.2) is 0 Å². The molecule has 0 amide bonds. The number of rotatable bonds is 0. The largest absolute Gasteiger partial charge is 0.0776 e. The first-order valence-electron chi connectivity index (χ1n) is 0. The molecule has 0 aromatic rings. The molecule has 0 rings (SSSR count). The quantitative estimate of drug-likeness (QED) is 0.334. The topological polar surface area (TPSA) is 0 Å². The zero-order chi connectivity index (χ0) is 0. The summed E-state index contributed by atoms with van der Waals surface area (Å²) in [5, 5.41) is 0. The SMILES string of the molecule is C.[V].[V].[V].[V].[V].[V].[V].[V].[V].[V].[V].[V].[V].[V].[V].[V].[V].[V].[V].[V].[V].[V].[V].[V].[V].[V].[V].[V]. The summed E-state index contributed by atoms with van der Waals surface area (Å²) in [7, 11) is 0. The molecule has 0 aromatic heterocycles. The Morgan fingerprint density at radius 3 is 0.0690 bits per heavy atom. The van der Waals surface area contributed by atoms with Crippen LogP contribution in [0.4, 0.5) is 0 Å². The molecule has 0 fully saturated rings. The molecule has 0 heterocycles. The monoisotopic (exact) mass is 1440 g/mol. The summed E-state index contributed by atoms with van der Waals surface area (Å²) in [6.45, 7) is 0. The van der Waals surface area contributed by atoms with Crippen molar-refractivity contribution in [2.24, 2.45) is 0 Å². The van der Waals surface area contributed by atoms with Gasteiger partial charge in [-0.15, -0.1) is 0 Å². The predicted molar refractivity (Wildman–Crippen MR) is 6.73 cm³/mol. The van der Waals surface area contributed by atoms with Gasteiger partial charge in [0.1, 0.15) is 0 Å². The van der Waals surface area contributed by atoms with E-state index in [4.69, 9.17) is 0 Å². The zero-order valence-corrected chi connectivity index (χ0v) is 51.6. The average Bonchev–Trinajstić information content (AvgIpc) is 0. The summed E-state index contributed by atoms with van der Waals surface area (Å²) >= 11 is 0. The first-order chi connectivity index (χ1) is 0. The Balaban J connectivity index is 0. The van der Waals surface area contributed by atoms with Gasteiger partial charge in [-0.1, -0.05) is 7.43 Å². The molecule has 0 aliphatic carbocycles. The van der Waals surface area contributed by atoms with E-state index in [-0.39, 0.29) is 527 Å². The fourth-order valence-corrected chi connectivity index (χ4v) is 0. The molecule has 0 nitrogen and oxygen atoms in total. The zero-order valence-electron chi connectivity index (χ0n) is 12.5. The third-order valence-electron chi connectivity index (χ3n) is 0. The molecule has 28 radical (unpaired) electrons. The van der Waals surface area contributed by atoms with Crippen LogP contribution < -0.4 is 0 Å². The summed E-state index contributed by atoms with van der Waals surface area (Å²) < 4.78 is 0. The molecule has 28 heteroatoms. The first kappa shape index (κ1) is 333. The third kappa shape index (κ3) is 297. The van der Waals surface area contributed by atoms with Crippen molar-refractivity contribution in [2.75, 3.05) is 0 Å². The molecule has 0 aliphatic rings. The fraction of sp³-hybridized carbons (Fsp3) is 1.00. The van der Waals surface area contributed by atoms with Gasteiger partial charge in [0, 0.05) is 520 Å². The van der Waals surface area contributed by atoms with Gasteiger partial charge in [-0.2, -0.15) is 0 Å². The number of hydrogen-bond acceptors (Lipinski definition) is 0. The van der Waals surface area contributed by atoms with E-state index in [1.165, 1.54) is 0 Å². The van der Waals surface area contributed by atoms with Gasteiger partial charge in [-0.3, -0.25) is 0 Å². The summed E-state index contributed by atoms with van der Waals surface area (Å²) in [6, 6.07) is 0. The van der Waals surface area contributed by atoms with E-state index in [1.54, 1.807) is 0 Å². The van der Waals surface area contributed by atoms with Crippen LogP contribution in [0.15, 0.2) is 0 Å². The molecule has 148 valence electrons.